The van der Waals surface area contributed by atoms with Gasteiger partial charge in [0.15, 0.2) is 5.78 Å². The molecule has 0 bridgehead atoms. The number of Topliss-reactive ketones (excluding diaryl/α,β-unsaturated/α-hetero) is 1. The summed E-state index contributed by atoms with van der Waals surface area (Å²) >= 11 is 0. The molecule has 0 aromatic heterocycles. The zero-order valence-electron chi connectivity index (χ0n) is 11.5. The molecule has 0 heterocycles. The van der Waals surface area contributed by atoms with Crippen LogP contribution in [0.5, 0.6) is 0 Å². The van der Waals surface area contributed by atoms with Gasteiger partial charge in [0, 0.05) is 12.0 Å². The lowest BCUT2D eigenvalue weighted by Gasteiger charge is -2.08. The maximum atomic E-state index is 13.0. The van der Waals surface area contributed by atoms with E-state index in [1.165, 1.54) is 12.1 Å². The number of hydrogen-bond donors (Lipinski definition) is 0. The number of carbonyl (C=O) groups excluding carboxylic acids is 1. The van der Waals surface area contributed by atoms with Crippen LogP contribution in [0.15, 0.2) is 36.4 Å². The van der Waals surface area contributed by atoms with Crippen molar-refractivity contribution in [3.05, 3.63) is 70.0 Å². The second kappa shape index (κ2) is 5.35. The molecular weight excluding hydrogens is 239 g/mol. The number of carbonyl (C=O) groups is 1. The predicted molar refractivity (Wildman–Crippen MR) is 75.1 cm³/mol. The van der Waals surface area contributed by atoms with Gasteiger partial charge in [0.25, 0.3) is 0 Å². The Labute approximate surface area is 113 Å². The first kappa shape index (κ1) is 13.5. The van der Waals surface area contributed by atoms with Crippen molar-refractivity contribution in [2.24, 2.45) is 0 Å². The summed E-state index contributed by atoms with van der Waals surface area (Å²) in [5.74, 6) is -0.271. The van der Waals surface area contributed by atoms with Gasteiger partial charge in [-0.2, -0.15) is 0 Å². The maximum absolute atomic E-state index is 13.0. The molecule has 2 heteroatoms. The van der Waals surface area contributed by atoms with Gasteiger partial charge in [-0.3, -0.25) is 4.79 Å². The van der Waals surface area contributed by atoms with Gasteiger partial charge >= 0.3 is 0 Å². The first-order chi connectivity index (χ1) is 8.97. The molecule has 0 saturated carbocycles. The van der Waals surface area contributed by atoms with Gasteiger partial charge in [-0.15, -0.1) is 0 Å². The Morgan fingerprint density at radius 2 is 1.74 bits per heavy atom. The molecule has 2 rings (SSSR count). The number of rotatable bonds is 3. The Morgan fingerprint density at radius 3 is 2.42 bits per heavy atom. The van der Waals surface area contributed by atoms with E-state index in [1.54, 1.807) is 13.0 Å². The highest BCUT2D eigenvalue weighted by Gasteiger charge is 2.12. The van der Waals surface area contributed by atoms with Gasteiger partial charge in [-0.25, -0.2) is 4.39 Å². The van der Waals surface area contributed by atoms with Crippen LogP contribution < -0.4 is 0 Å². The van der Waals surface area contributed by atoms with Crippen molar-refractivity contribution in [3.63, 3.8) is 0 Å². The summed E-state index contributed by atoms with van der Waals surface area (Å²) in [6, 6.07) is 10.4. The van der Waals surface area contributed by atoms with E-state index in [9.17, 15) is 9.18 Å². The van der Waals surface area contributed by atoms with Gasteiger partial charge < -0.3 is 0 Å². The number of aryl methyl sites for hydroxylation is 3. The third-order valence-electron chi connectivity index (χ3n) is 3.34. The Balaban J connectivity index is 2.28. The van der Waals surface area contributed by atoms with E-state index >= 15 is 0 Å². The zero-order valence-corrected chi connectivity index (χ0v) is 11.5. The minimum atomic E-state index is -0.305. The third-order valence-corrected chi connectivity index (χ3v) is 3.34. The van der Waals surface area contributed by atoms with E-state index in [-0.39, 0.29) is 11.6 Å². The molecule has 0 fully saturated rings. The Morgan fingerprint density at radius 1 is 1.00 bits per heavy atom. The van der Waals surface area contributed by atoms with Gasteiger partial charge in [0.2, 0.25) is 0 Å². The Kier molecular flexibility index (Phi) is 3.79. The summed E-state index contributed by atoms with van der Waals surface area (Å²) in [6.45, 7) is 5.77. The van der Waals surface area contributed by atoms with Crippen LogP contribution in [0.4, 0.5) is 4.39 Å². The molecular formula is C17H17FO. The summed E-state index contributed by atoms with van der Waals surface area (Å²) in [7, 11) is 0. The second-order valence-electron chi connectivity index (χ2n) is 4.99. The van der Waals surface area contributed by atoms with Crippen molar-refractivity contribution in [2.75, 3.05) is 0 Å². The van der Waals surface area contributed by atoms with E-state index in [0.717, 1.165) is 16.7 Å². The molecule has 0 radical (unpaired) electrons. The number of hydrogen-bond acceptors (Lipinski definition) is 1. The molecule has 0 spiro atoms. The third kappa shape index (κ3) is 3.08. The van der Waals surface area contributed by atoms with Crippen molar-refractivity contribution < 1.29 is 9.18 Å². The largest absolute Gasteiger partial charge is 0.294 e. The van der Waals surface area contributed by atoms with Crippen molar-refractivity contribution in [2.45, 2.75) is 27.2 Å². The van der Waals surface area contributed by atoms with Gasteiger partial charge in [0.05, 0.1) is 0 Å². The molecule has 0 aliphatic heterocycles. The zero-order chi connectivity index (χ0) is 14.0. The summed E-state index contributed by atoms with van der Waals surface area (Å²) in [5.41, 5.74) is 4.58. The van der Waals surface area contributed by atoms with E-state index < -0.39 is 0 Å². The molecule has 2 aromatic rings. The molecule has 2 aromatic carbocycles. The molecule has 0 unspecified atom stereocenters. The minimum Gasteiger partial charge on any atom is -0.294 e. The molecule has 0 aliphatic carbocycles. The first-order valence-electron chi connectivity index (χ1n) is 6.33. The highest BCUT2D eigenvalue weighted by atomic mass is 19.1. The Bertz CT molecular complexity index is 629. The smallest absolute Gasteiger partial charge is 0.167 e. The fourth-order valence-electron chi connectivity index (χ4n) is 2.20. The van der Waals surface area contributed by atoms with Crippen LogP contribution in [0.3, 0.4) is 0 Å². The number of benzene rings is 2. The standard InChI is InChI=1S/C17H17FO/c1-11-4-5-12(2)14(8-11)10-17(19)16-7-6-15(18)9-13(16)3/h4-9H,10H2,1-3H3. The summed E-state index contributed by atoms with van der Waals surface area (Å²) < 4.78 is 13.0. The van der Waals surface area contributed by atoms with Crippen LogP contribution in [0, 0.1) is 26.6 Å². The normalized spacial score (nSPS) is 10.5. The highest BCUT2D eigenvalue weighted by Crippen LogP contribution is 2.17. The van der Waals surface area contributed by atoms with E-state index in [0.29, 0.717) is 17.5 Å². The van der Waals surface area contributed by atoms with Crippen LogP contribution in [0.1, 0.15) is 32.6 Å². The van der Waals surface area contributed by atoms with Gasteiger partial charge in [0.1, 0.15) is 5.82 Å². The quantitative estimate of drug-likeness (QED) is 0.753. The molecule has 0 saturated heterocycles. The second-order valence-corrected chi connectivity index (χ2v) is 4.99. The molecule has 0 aliphatic rings. The molecule has 0 amide bonds. The van der Waals surface area contributed by atoms with Crippen LogP contribution in [-0.2, 0) is 6.42 Å². The van der Waals surface area contributed by atoms with Gasteiger partial charge in [-0.05, 0) is 55.7 Å². The van der Waals surface area contributed by atoms with Crippen molar-refractivity contribution in [3.8, 4) is 0 Å². The predicted octanol–water partition coefficient (Wildman–Crippen LogP) is 4.18. The maximum Gasteiger partial charge on any atom is 0.167 e. The lowest BCUT2D eigenvalue weighted by atomic mass is 9.96. The first-order valence-corrected chi connectivity index (χ1v) is 6.33. The lowest BCUT2D eigenvalue weighted by Crippen LogP contribution is -2.07. The number of halogens is 1. The van der Waals surface area contributed by atoms with Crippen molar-refractivity contribution >= 4 is 5.78 Å². The molecule has 98 valence electrons. The van der Waals surface area contributed by atoms with E-state index in [4.69, 9.17) is 0 Å². The average Bonchev–Trinajstić information content (AvgIpc) is 2.33. The topological polar surface area (TPSA) is 17.1 Å². The summed E-state index contributed by atoms with van der Waals surface area (Å²) in [5, 5.41) is 0. The minimum absolute atomic E-state index is 0.0335. The molecule has 0 N–H and O–H groups in total. The SMILES string of the molecule is Cc1ccc(C)c(CC(=O)c2ccc(F)cc2C)c1. The molecule has 0 atom stereocenters. The lowest BCUT2D eigenvalue weighted by molar-refractivity contribution is 0.0992. The fraction of sp³-hybridized carbons (Fsp3) is 0.235. The van der Waals surface area contributed by atoms with Gasteiger partial charge in [-0.1, -0.05) is 23.8 Å². The van der Waals surface area contributed by atoms with E-state index in [2.05, 4.69) is 0 Å². The Hall–Kier alpha value is -1.96. The van der Waals surface area contributed by atoms with Crippen molar-refractivity contribution in [1.82, 2.24) is 0 Å². The fourth-order valence-corrected chi connectivity index (χ4v) is 2.20. The average molecular weight is 256 g/mol. The van der Waals surface area contributed by atoms with Crippen LogP contribution in [-0.4, -0.2) is 5.78 Å². The van der Waals surface area contributed by atoms with E-state index in [1.807, 2.05) is 32.0 Å². The van der Waals surface area contributed by atoms with Crippen LogP contribution in [0.2, 0.25) is 0 Å². The monoisotopic (exact) mass is 256 g/mol. The molecule has 1 nitrogen and oxygen atoms in total. The summed E-state index contributed by atoms with van der Waals surface area (Å²) in [6.07, 6.45) is 0.361. The van der Waals surface area contributed by atoms with Crippen molar-refractivity contribution in [1.29, 1.82) is 0 Å². The highest BCUT2D eigenvalue weighted by molar-refractivity contribution is 5.98. The number of ketones is 1. The molecule has 19 heavy (non-hydrogen) atoms. The summed E-state index contributed by atoms with van der Waals surface area (Å²) in [4.78, 5) is 12.3. The van der Waals surface area contributed by atoms with Crippen LogP contribution in [0.25, 0.3) is 0 Å². The van der Waals surface area contributed by atoms with Crippen LogP contribution >= 0.6 is 0 Å².